The van der Waals surface area contributed by atoms with Gasteiger partial charge in [-0.3, -0.25) is 0 Å². The number of piperidine rings is 1. The van der Waals surface area contributed by atoms with Crippen LogP contribution in [-0.4, -0.2) is 28.1 Å². The Hall–Kier alpha value is -2.35. The second kappa shape index (κ2) is 5.57. The zero-order valence-electron chi connectivity index (χ0n) is 12.5. The molecule has 5 nitrogen and oxygen atoms in total. The van der Waals surface area contributed by atoms with E-state index in [-0.39, 0.29) is 0 Å². The first-order valence-electron chi connectivity index (χ1n) is 7.37. The molecule has 0 spiro atoms. The third-order valence-corrected chi connectivity index (χ3v) is 4.24. The third kappa shape index (κ3) is 2.62. The van der Waals surface area contributed by atoms with Crippen molar-refractivity contribution in [2.45, 2.75) is 26.7 Å². The molecule has 0 unspecified atom stereocenters. The summed E-state index contributed by atoms with van der Waals surface area (Å²) in [4.78, 5) is 2.43. The van der Waals surface area contributed by atoms with Gasteiger partial charge in [0, 0.05) is 18.8 Å². The van der Waals surface area contributed by atoms with E-state index >= 15 is 0 Å². The number of nitriles is 1. The van der Waals surface area contributed by atoms with Gasteiger partial charge in [0.25, 0.3) is 0 Å². The summed E-state index contributed by atoms with van der Waals surface area (Å²) in [6, 6.07) is 10.4. The van der Waals surface area contributed by atoms with E-state index in [0.717, 1.165) is 30.4 Å². The maximum absolute atomic E-state index is 8.94. The van der Waals surface area contributed by atoms with E-state index < -0.39 is 0 Å². The summed E-state index contributed by atoms with van der Waals surface area (Å²) in [5.74, 6) is 0.836. The van der Waals surface area contributed by atoms with Crippen molar-refractivity contribution in [1.82, 2.24) is 15.0 Å². The molecule has 1 aliphatic heterocycles. The molecular formula is C16H19N5. The quantitative estimate of drug-likeness (QED) is 0.849. The minimum absolute atomic E-state index is 0.379. The van der Waals surface area contributed by atoms with Crippen molar-refractivity contribution in [3.05, 3.63) is 35.7 Å². The predicted octanol–water partition coefficient (Wildman–Crippen LogP) is 2.68. The van der Waals surface area contributed by atoms with E-state index in [9.17, 15) is 0 Å². The van der Waals surface area contributed by atoms with Crippen molar-refractivity contribution in [3.8, 4) is 11.8 Å². The Labute approximate surface area is 124 Å². The molecule has 1 aromatic heterocycles. The van der Waals surface area contributed by atoms with Crippen molar-refractivity contribution < 1.29 is 0 Å². The number of nitrogens with zero attached hydrogens (tertiary/aromatic N) is 5. The molecule has 21 heavy (non-hydrogen) atoms. The summed E-state index contributed by atoms with van der Waals surface area (Å²) >= 11 is 0. The second-order valence-electron chi connectivity index (χ2n) is 5.73. The van der Waals surface area contributed by atoms with Crippen LogP contribution in [0.3, 0.4) is 0 Å². The first-order chi connectivity index (χ1) is 10.2. The highest BCUT2D eigenvalue weighted by atomic mass is 15.4. The Bertz CT molecular complexity index is 657. The van der Waals surface area contributed by atoms with Crippen LogP contribution in [0.4, 0.5) is 5.69 Å². The normalized spacial score (nSPS) is 16.0. The molecule has 5 heteroatoms. The lowest BCUT2D eigenvalue weighted by Gasteiger charge is -2.32. The van der Waals surface area contributed by atoms with Crippen molar-refractivity contribution >= 4 is 5.69 Å². The Balaban J connectivity index is 1.81. The Morgan fingerprint density at radius 1 is 1.14 bits per heavy atom. The summed E-state index contributed by atoms with van der Waals surface area (Å²) in [7, 11) is 0. The Kier molecular flexibility index (Phi) is 3.61. The van der Waals surface area contributed by atoms with Gasteiger partial charge in [0.05, 0.1) is 11.4 Å². The van der Waals surface area contributed by atoms with Gasteiger partial charge in [-0.2, -0.15) is 5.26 Å². The van der Waals surface area contributed by atoms with E-state index in [1.54, 1.807) is 4.68 Å². The van der Waals surface area contributed by atoms with Gasteiger partial charge in [0.1, 0.15) is 6.07 Å². The molecule has 1 saturated heterocycles. The lowest BCUT2D eigenvalue weighted by Crippen LogP contribution is -2.32. The predicted molar refractivity (Wildman–Crippen MR) is 81.4 cm³/mol. The van der Waals surface area contributed by atoms with Gasteiger partial charge < -0.3 is 4.90 Å². The lowest BCUT2D eigenvalue weighted by atomic mass is 9.99. The molecular weight excluding hydrogens is 262 g/mol. The molecule has 1 aromatic carbocycles. The zero-order valence-corrected chi connectivity index (χ0v) is 12.5. The number of rotatable bonds is 2. The fraction of sp³-hybridized carbons (Fsp3) is 0.438. The van der Waals surface area contributed by atoms with Crippen LogP contribution in [0.25, 0.3) is 5.69 Å². The molecule has 0 bridgehead atoms. The van der Waals surface area contributed by atoms with Crippen LogP contribution in [0.5, 0.6) is 0 Å². The van der Waals surface area contributed by atoms with Gasteiger partial charge in [0.15, 0.2) is 5.69 Å². The number of hydrogen-bond acceptors (Lipinski definition) is 4. The molecule has 2 aromatic rings. The van der Waals surface area contributed by atoms with E-state index in [0.29, 0.717) is 5.69 Å². The minimum atomic E-state index is 0.379. The molecule has 0 aliphatic carbocycles. The first-order valence-corrected chi connectivity index (χ1v) is 7.37. The molecule has 2 heterocycles. The average Bonchev–Trinajstić information content (AvgIpc) is 2.89. The van der Waals surface area contributed by atoms with Gasteiger partial charge in [0.2, 0.25) is 0 Å². The average molecular weight is 281 g/mol. The standard InChI is InChI=1S/C16H19N5/c1-12-7-9-20(10-8-12)14-3-5-15(6-4-14)21-13(2)16(11-17)18-19-21/h3-6,12H,7-10H2,1-2H3. The molecule has 0 atom stereocenters. The highest BCUT2D eigenvalue weighted by molar-refractivity contribution is 5.51. The molecule has 0 amide bonds. The number of anilines is 1. The van der Waals surface area contributed by atoms with Crippen LogP contribution in [0.1, 0.15) is 31.2 Å². The fourth-order valence-corrected chi connectivity index (χ4v) is 2.75. The number of aromatic nitrogens is 3. The maximum atomic E-state index is 8.94. The fourth-order valence-electron chi connectivity index (χ4n) is 2.75. The van der Waals surface area contributed by atoms with Crippen LogP contribution >= 0.6 is 0 Å². The van der Waals surface area contributed by atoms with Crippen molar-refractivity contribution in [3.63, 3.8) is 0 Å². The largest absolute Gasteiger partial charge is 0.372 e. The van der Waals surface area contributed by atoms with Crippen molar-refractivity contribution in [1.29, 1.82) is 5.26 Å². The maximum Gasteiger partial charge on any atom is 0.186 e. The molecule has 108 valence electrons. The van der Waals surface area contributed by atoms with E-state index in [2.05, 4.69) is 34.3 Å². The molecule has 3 rings (SSSR count). The molecule has 1 aliphatic rings. The van der Waals surface area contributed by atoms with Crippen LogP contribution < -0.4 is 4.90 Å². The molecule has 0 N–H and O–H groups in total. The summed E-state index contributed by atoms with van der Waals surface area (Å²) < 4.78 is 1.71. The Morgan fingerprint density at radius 3 is 2.33 bits per heavy atom. The smallest absolute Gasteiger partial charge is 0.186 e. The van der Waals surface area contributed by atoms with Gasteiger partial charge in [-0.1, -0.05) is 12.1 Å². The minimum Gasteiger partial charge on any atom is -0.372 e. The monoisotopic (exact) mass is 281 g/mol. The van der Waals surface area contributed by atoms with Crippen molar-refractivity contribution in [2.75, 3.05) is 18.0 Å². The molecule has 0 saturated carbocycles. The van der Waals surface area contributed by atoms with Crippen molar-refractivity contribution in [2.24, 2.45) is 5.92 Å². The second-order valence-corrected chi connectivity index (χ2v) is 5.73. The SMILES string of the molecule is Cc1c(C#N)nnn1-c1ccc(N2CCC(C)CC2)cc1. The molecule has 0 radical (unpaired) electrons. The molecule has 1 fully saturated rings. The summed E-state index contributed by atoms with van der Waals surface area (Å²) in [6.45, 7) is 6.43. The van der Waals surface area contributed by atoms with Crippen LogP contribution in [0.15, 0.2) is 24.3 Å². The summed E-state index contributed by atoms with van der Waals surface area (Å²) in [5.41, 5.74) is 3.35. The van der Waals surface area contributed by atoms with E-state index in [1.807, 2.05) is 25.1 Å². The van der Waals surface area contributed by atoms with Gasteiger partial charge in [-0.25, -0.2) is 4.68 Å². The zero-order chi connectivity index (χ0) is 14.8. The first kappa shape index (κ1) is 13.6. The van der Waals surface area contributed by atoms with Gasteiger partial charge in [-0.05, 0) is 49.9 Å². The lowest BCUT2D eigenvalue weighted by molar-refractivity contribution is 0.438. The summed E-state index contributed by atoms with van der Waals surface area (Å²) in [5, 5.41) is 16.9. The van der Waals surface area contributed by atoms with Crippen LogP contribution in [0, 0.1) is 24.2 Å². The van der Waals surface area contributed by atoms with Gasteiger partial charge in [-0.15, -0.1) is 5.10 Å². The van der Waals surface area contributed by atoms with Crippen LogP contribution in [0.2, 0.25) is 0 Å². The highest BCUT2D eigenvalue weighted by Crippen LogP contribution is 2.24. The third-order valence-electron chi connectivity index (χ3n) is 4.24. The number of benzene rings is 1. The van der Waals surface area contributed by atoms with Gasteiger partial charge >= 0.3 is 0 Å². The van der Waals surface area contributed by atoms with E-state index in [1.165, 1.54) is 18.5 Å². The van der Waals surface area contributed by atoms with Crippen LogP contribution in [-0.2, 0) is 0 Å². The summed E-state index contributed by atoms with van der Waals surface area (Å²) in [6.07, 6.45) is 2.52. The topological polar surface area (TPSA) is 57.7 Å². The Morgan fingerprint density at radius 2 is 1.76 bits per heavy atom. The number of hydrogen-bond donors (Lipinski definition) is 0. The highest BCUT2D eigenvalue weighted by Gasteiger charge is 2.16. The van der Waals surface area contributed by atoms with E-state index in [4.69, 9.17) is 5.26 Å².